The quantitative estimate of drug-likeness (QED) is 0.467. The smallest absolute Gasteiger partial charge is 0.314 e. The van der Waals surface area contributed by atoms with Crippen LogP contribution >= 0.6 is 0 Å². The van der Waals surface area contributed by atoms with Gasteiger partial charge in [0.05, 0.1) is 0 Å². The fourth-order valence-electron chi connectivity index (χ4n) is 0.129. The van der Waals surface area contributed by atoms with E-state index < -0.39 is 18.4 Å². The molecule has 0 aliphatic rings. The number of hydrogen-bond acceptors (Lipinski definition) is 3. The first-order chi connectivity index (χ1) is 6.45. The Bertz CT molecular complexity index is 127. The summed E-state index contributed by atoms with van der Waals surface area (Å²) < 4.78 is 1.46. The summed E-state index contributed by atoms with van der Waals surface area (Å²) in [5, 5.41) is 18.2. The average molecular weight is 215 g/mol. The van der Waals surface area contributed by atoms with Crippen molar-refractivity contribution in [1.82, 2.24) is 5.32 Å². The molecule has 0 fully saturated rings. The first kappa shape index (κ1) is 19.5. The fourth-order valence-corrected chi connectivity index (χ4v) is 0.129. The summed E-state index contributed by atoms with van der Waals surface area (Å²) in [6, 6.07) is 0. The molecule has 6 heteroatoms. The summed E-state index contributed by atoms with van der Waals surface area (Å²) in [5.41, 5.74) is 0. The summed E-state index contributed by atoms with van der Waals surface area (Å²) in [6.45, 7) is 2.22. The number of nitrogens with one attached hydrogen (secondary N) is 1. The number of carbonyl (C=O) groups is 2. The van der Waals surface area contributed by atoms with Crippen LogP contribution in [-0.4, -0.2) is 64.2 Å². The molecule has 0 spiro atoms. The number of carboxylic acid groups (broad SMARTS) is 2. The molecule has 0 aliphatic heterocycles. The van der Waals surface area contributed by atoms with Crippen LogP contribution in [0.2, 0.25) is 3.67 Å². The van der Waals surface area contributed by atoms with Crippen molar-refractivity contribution in [2.45, 2.75) is 23.4 Å². The number of carboxylic acids is 2. The topological polar surface area (TPSA) is 86.6 Å². The summed E-state index contributed by atoms with van der Waals surface area (Å²) in [6.07, 6.45) is 0.576. The van der Waals surface area contributed by atoms with Gasteiger partial charge in [-0.1, -0.05) is 0 Å². The normalized spacial score (nSPS) is 7.50. The standard InChI is InChI=1S/C3H4O4.C3H7.C2H7N.Na/c4-2(5)1-3(6)7;2*1-3-2;/h1H2,(H,4,5)(H,6,7);1,3H2,2H3;3H,1-2H3;. The third-order valence-corrected chi connectivity index (χ3v) is 1.80. The van der Waals surface area contributed by atoms with Gasteiger partial charge < -0.3 is 15.5 Å². The Balaban J connectivity index is -0.000000147. The van der Waals surface area contributed by atoms with E-state index in [4.69, 9.17) is 10.2 Å². The van der Waals surface area contributed by atoms with E-state index in [0.717, 1.165) is 0 Å². The zero-order valence-corrected chi connectivity index (χ0v) is 11.3. The molecule has 0 aromatic heterocycles. The molecule has 0 unspecified atom stereocenters. The second kappa shape index (κ2) is 18.6. The molecule has 0 atom stereocenters. The molecule has 14 heavy (non-hydrogen) atoms. The molecule has 0 aromatic rings. The van der Waals surface area contributed by atoms with Crippen molar-refractivity contribution in [3.8, 4) is 0 Å². The van der Waals surface area contributed by atoms with Crippen LogP contribution in [0.25, 0.3) is 0 Å². The molecule has 0 aliphatic carbocycles. The predicted octanol–water partition coefficient (Wildman–Crippen LogP) is 0.365. The maximum absolute atomic E-state index is 9.43. The van der Waals surface area contributed by atoms with Crippen molar-refractivity contribution < 1.29 is 19.8 Å². The minimum absolute atomic E-state index is 0.806. The molecule has 0 amide bonds. The molecule has 0 bridgehead atoms. The Kier molecular flexibility index (Phi) is 25.9. The fraction of sp³-hybridized carbons (Fsp3) is 0.750. The van der Waals surface area contributed by atoms with Crippen LogP contribution in [0.15, 0.2) is 0 Å². The van der Waals surface area contributed by atoms with E-state index >= 15 is 0 Å². The van der Waals surface area contributed by atoms with Gasteiger partial charge in [0, 0.05) is 0 Å². The van der Waals surface area contributed by atoms with Crippen molar-refractivity contribution in [1.29, 1.82) is 0 Å². The maximum atomic E-state index is 9.43. The third kappa shape index (κ3) is 58.9. The Morgan fingerprint density at radius 3 is 1.43 bits per heavy atom. The molecule has 3 N–H and O–H groups in total. The SMILES string of the molecule is CC[CH2][Na].CNC.O=C(O)CC(=O)O. The van der Waals surface area contributed by atoms with Crippen LogP contribution in [0.5, 0.6) is 0 Å². The minimum atomic E-state index is -1.31. The van der Waals surface area contributed by atoms with Gasteiger partial charge in [0.15, 0.2) is 0 Å². The van der Waals surface area contributed by atoms with Gasteiger partial charge in [-0.3, -0.25) is 9.59 Å². The van der Waals surface area contributed by atoms with Gasteiger partial charge in [-0.2, -0.15) is 0 Å². The van der Waals surface area contributed by atoms with Crippen LogP contribution in [0, 0.1) is 0 Å². The zero-order valence-electron chi connectivity index (χ0n) is 9.33. The van der Waals surface area contributed by atoms with E-state index in [-0.39, 0.29) is 0 Å². The molecule has 0 radical (unpaired) electrons. The minimum Gasteiger partial charge on any atom is -0.481 e. The molecule has 0 rings (SSSR count). The molecule has 0 heterocycles. The number of aliphatic carboxylic acids is 2. The van der Waals surface area contributed by atoms with E-state index in [1.807, 2.05) is 14.1 Å². The van der Waals surface area contributed by atoms with Crippen LogP contribution in [0.3, 0.4) is 0 Å². The Morgan fingerprint density at radius 1 is 1.21 bits per heavy atom. The second-order valence-electron chi connectivity index (χ2n) is 2.46. The molecule has 0 saturated heterocycles. The van der Waals surface area contributed by atoms with Crippen LogP contribution in [-0.2, 0) is 9.59 Å². The molecule has 0 aromatic carbocycles. The molecule has 5 nitrogen and oxygen atoms in total. The van der Waals surface area contributed by atoms with Crippen molar-refractivity contribution in [2.24, 2.45) is 0 Å². The zero-order chi connectivity index (χ0) is 12.0. The maximum Gasteiger partial charge on any atom is 0.314 e. The first-order valence-corrected chi connectivity index (χ1v) is 5.89. The summed E-state index contributed by atoms with van der Waals surface area (Å²) in [4.78, 5) is 18.9. The van der Waals surface area contributed by atoms with Crippen LogP contribution in [0.4, 0.5) is 0 Å². The monoisotopic (exact) mass is 215 g/mol. The number of hydrogen-bond donors (Lipinski definition) is 3. The van der Waals surface area contributed by atoms with Gasteiger partial charge in [0.25, 0.3) is 0 Å². The number of rotatable bonds is 3. The average Bonchev–Trinajstić information content (AvgIpc) is 2.04. The van der Waals surface area contributed by atoms with E-state index in [1.165, 1.54) is 38.0 Å². The van der Waals surface area contributed by atoms with Crippen LogP contribution in [0.1, 0.15) is 19.8 Å². The summed E-state index contributed by atoms with van der Waals surface area (Å²) in [7, 11) is 3.75. The largest absolute Gasteiger partial charge is 0.481 e. The molecular formula is C8H18NNaO4. The first-order valence-electron chi connectivity index (χ1n) is 4.48. The predicted molar refractivity (Wildman–Crippen MR) is 55.7 cm³/mol. The van der Waals surface area contributed by atoms with Gasteiger partial charge in [-0.05, 0) is 14.1 Å². The van der Waals surface area contributed by atoms with Gasteiger partial charge in [-0.25, -0.2) is 0 Å². The van der Waals surface area contributed by atoms with Crippen molar-refractivity contribution in [3.05, 3.63) is 0 Å². The molecular weight excluding hydrogens is 197 g/mol. The van der Waals surface area contributed by atoms with Crippen molar-refractivity contribution in [2.75, 3.05) is 14.1 Å². The van der Waals surface area contributed by atoms with Gasteiger partial charge in [0.2, 0.25) is 0 Å². The van der Waals surface area contributed by atoms with E-state index in [1.54, 1.807) is 0 Å². The summed E-state index contributed by atoms with van der Waals surface area (Å²) >= 11 is 1.39. The van der Waals surface area contributed by atoms with Gasteiger partial charge in [0.1, 0.15) is 6.42 Å². The third-order valence-electron chi connectivity index (χ3n) is 0.802. The van der Waals surface area contributed by atoms with E-state index in [0.29, 0.717) is 0 Å². The van der Waals surface area contributed by atoms with Gasteiger partial charge >= 0.3 is 56.9 Å². The van der Waals surface area contributed by atoms with E-state index in [9.17, 15) is 9.59 Å². The van der Waals surface area contributed by atoms with Crippen molar-refractivity contribution >= 4 is 39.9 Å². The second-order valence-corrected chi connectivity index (χ2v) is 3.46. The Hall–Kier alpha value is -0.100. The van der Waals surface area contributed by atoms with E-state index in [2.05, 4.69) is 12.2 Å². The molecule has 0 saturated carbocycles. The Labute approximate surface area is 102 Å². The van der Waals surface area contributed by atoms with Gasteiger partial charge in [-0.15, -0.1) is 0 Å². The van der Waals surface area contributed by atoms with Crippen LogP contribution < -0.4 is 5.32 Å². The molecule has 80 valence electrons. The Morgan fingerprint density at radius 2 is 1.43 bits per heavy atom. The van der Waals surface area contributed by atoms with Crippen molar-refractivity contribution in [3.63, 3.8) is 0 Å². The summed E-state index contributed by atoms with van der Waals surface area (Å²) in [5.74, 6) is -2.62.